The van der Waals surface area contributed by atoms with Crippen LogP contribution in [0.5, 0.6) is 0 Å². The van der Waals surface area contributed by atoms with Gasteiger partial charge < -0.3 is 14.2 Å². The van der Waals surface area contributed by atoms with Gasteiger partial charge in [0.05, 0.1) is 0 Å². The Kier molecular flexibility index (Phi) is 36.1. The molecule has 0 spiro atoms. The van der Waals surface area contributed by atoms with Crippen LogP contribution in [0.15, 0.2) is 48.6 Å². The van der Waals surface area contributed by atoms with Crippen LogP contribution in [0.25, 0.3) is 0 Å². The fraction of sp³-hybridized carbons (Fsp3) is 0.744. The number of allylic oxidation sites excluding steroid dienone is 8. The second kappa shape index (κ2) is 38.2. The van der Waals surface area contributed by atoms with Crippen LogP contribution in [-0.2, 0) is 28.6 Å². The van der Waals surface area contributed by atoms with E-state index in [0.717, 1.165) is 109 Å². The first-order valence-electron chi connectivity index (χ1n) is 20.1. The number of unbranched alkanes of at least 4 members (excludes halogenated alkanes) is 16. The van der Waals surface area contributed by atoms with E-state index in [2.05, 4.69) is 69.4 Å². The Morgan fingerprint density at radius 1 is 0.429 bits per heavy atom. The Morgan fingerprint density at radius 3 is 1.24 bits per heavy atom. The molecule has 0 aromatic carbocycles. The summed E-state index contributed by atoms with van der Waals surface area (Å²) in [7, 11) is 0. The van der Waals surface area contributed by atoms with E-state index in [1.807, 2.05) is 0 Å². The zero-order chi connectivity index (χ0) is 35.9. The van der Waals surface area contributed by atoms with E-state index >= 15 is 0 Å². The molecular weight excluding hydrogens is 612 g/mol. The van der Waals surface area contributed by atoms with Crippen molar-refractivity contribution in [1.29, 1.82) is 0 Å². The number of hydrogen-bond donors (Lipinski definition) is 0. The molecule has 0 aliphatic heterocycles. The van der Waals surface area contributed by atoms with E-state index in [-0.39, 0.29) is 31.1 Å². The molecule has 49 heavy (non-hydrogen) atoms. The minimum atomic E-state index is -0.765. The second-order valence-corrected chi connectivity index (χ2v) is 13.2. The van der Waals surface area contributed by atoms with Crippen LogP contribution in [0, 0.1) is 0 Å². The molecule has 0 saturated heterocycles. The number of carbonyl (C=O) groups excluding carboxylic acids is 3. The van der Waals surface area contributed by atoms with Crippen molar-refractivity contribution in [3.8, 4) is 0 Å². The normalized spacial score (nSPS) is 12.5. The number of esters is 3. The van der Waals surface area contributed by atoms with Crippen molar-refractivity contribution < 1.29 is 28.6 Å². The molecular formula is C43H74O6. The Bertz CT molecular complexity index is 887. The van der Waals surface area contributed by atoms with E-state index in [1.54, 1.807) is 0 Å². The van der Waals surface area contributed by atoms with Crippen LogP contribution < -0.4 is 0 Å². The molecule has 0 fully saturated rings. The summed E-state index contributed by atoms with van der Waals surface area (Å²) in [4.78, 5) is 37.0. The van der Waals surface area contributed by atoms with Crippen molar-refractivity contribution in [3.63, 3.8) is 0 Å². The summed E-state index contributed by atoms with van der Waals surface area (Å²) >= 11 is 0. The molecule has 0 aliphatic carbocycles. The smallest absolute Gasteiger partial charge is 0.306 e. The molecule has 0 aliphatic rings. The second-order valence-electron chi connectivity index (χ2n) is 13.2. The lowest BCUT2D eigenvalue weighted by Crippen LogP contribution is -2.30. The molecule has 0 rings (SSSR count). The van der Waals surface area contributed by atoms with Crippen molar-refractivity contribution in [2.75, 3.05) is 13.2 Å². The van der Waals surface area contributed by atoms with Gasteiger partial charge in [-0.1, -0.05) is 159 Å². The van der Waals surface area contributed by atoms with Gasteiger partial charge in [0.15, 0.2) is 6.10 Å². The maximum atomic E-state index is 12.4. The van der Waals surface area contributed by atoms with Crippen LogP contribution in [0.2, 0.25) is 0 Å². The molecule has 1 unspecified atom stereocenters. The van der Waals surface area contributed by atoms with E-state index in [0.29, 0.717) is 19.3 Å². The summed E-state index contributed by atoms with van der Waals surface area (Å²) < 4.78 is 16.4. The maximum Gasteiger partial charge on any atom is 0.306 e. The molecule has 6 heteroatoms. The van der Waals surface area contributed by atoms with Crippen molar-refractivity contribution >= 4 is 17.9 Å². The number of hydrogen-bond acceptors (Lipinski definition) is 6. The van der Waals surface area contributed by atoms with Gasteiger partial charge in [-0.2, -0.15) is 0 Å². The first-order chi connectivity index (χ1) is 24.0. The molecule has 282 valence electrons. The lowest BCUT2D eigenvalue weighted by Gasteiger charge is -2.18. The summed E-state index contributed by atoms with van der Waals surface area (Å²) in [5, 5.41) is 0. The minimum Gasteiger partial charge on any atom is -0.462 e. The standard InChI is InChI=1S/C43H74O6/c1-4-7-10-13-14-15-16-17-18-19-20-21-22-23-24-25-26-27-28-31-33-36-42(45)48-39-40(49-43(46)37-34-30-12-9-6-3)38-47-41(44)35-32-29-11-8-5-2/h7,10,14-15,17-18,20-21,40H,4-6,8-9,11-13,16,19,22-39H2,1-3H3/b10-7-,15-14-,18-17-,21-20-. The molecule has 0 aromatic rings. The average Bonchev–Trinajstić information content (AvgIpc) is 3.09. The summed E-state index contributed by atoms with van der Waals surface area (Å²) in [5.74, 6) is -0.920. The highest BCUT2D eigenvalue weighted by Crippen LogP contribution is 2.13. The van der Waals surface area contributed by atoms with Crippen LogP contribution >= 0.6 is 0 Å². The molecule has 0 amide bonds. The Labute approximate surface area is 301 Å². The first kappa shape index (κ1) is 46.4. The van der Waals surface area contributed by atoms with Crippen LogP contribution in [0.3, 0.4) is 0 Å². The maximum absolute atomic E-state index is 12.4. The molecule has 0 radical (unpaired) electrons. The van der Waals surface area contributed by atoms with E-state index in [9.17, 15) is 14.4 Å². The number of rotatable bonds is 35. The zero-order valence-corrected chi connectivity index (χ0v) is 31.9. The van der Waals surface area contributed by atoms with Crippen molar-refractivity contribution in [3.05, 3.63) is 48.6 Å². The molecule has 0 bridgehead atoms. The number of carbonyl (C=O) groups is 3. The predicted octanol–water partition coefficient (Wildman–Crippen LogP) is 12.4. The minimum absolute atomic E-state index is 0.0773. The third-order valence-electron chi connectivity index (χ3n) is 8.35. The predicted molar refractivity (Wildman–Crippen MR) is 205 cm³/mol. The van der Waals surface area contributed by atoms with Gasteiger partial charge in [-0.3, -0.25) is 14.4 Å². The van der Waals surface area contributed by atoms with Crippen LogP contribution in [0.4, 0.5) is 0 Å². The SMILES string of the molecule is CC/C=C\C/C=C\C/C=C\C/C=C\CCCCCCCCCCC(=O)OCC(COC(=O)CCCCCCC)OC(=O)CCCCCCC. The molecule has 0 aromatic heterocycles. The Hall–Kier alpha value is -2.63. The van der Waals surface area contributed by atoms with Gasteiger partial charge in [-0.05, 0) is 57.8 Å². The zero-order valence-electron chi connectivity index (χ0n) is 31.9. The van der Waals surface area contributed by atoms with Crippen molar-refractivity contribution in [2.45, 2.75) is 194 Å². The Morgan fingerprint density at radius 2 is 0.796 bits per heavy atom. The summed E-state index contributed by atoms with van der Waals surface area (Å²) in [6.45, 7) is 6.32. The molecule has 0 N–H and O–H groups in total. The summed E-state index contributed by atoms with van der Waals surface area (Å²) in [5.41, 5.74) is 0. The van der Waals surface area contributed by atoms with Gasteiger partial charge in [0, 0.05) is 19.3 Å². The first-order valence-corrected chi connectivity index (χ1v) is 20.1. The Balaban J connectivity index is 4.05. The average molecular weight is 687 g/mol. The third kappa shape index (κ3) is 36.5. The van der Waals surface area contributed by atoms with Crippen molar-refractivity contribution in [1.82, 2.24) is 0 Å². The molecule has 1 atom stereocenters. The fourth-order valence-electron chi connectivity index (χ4n) is 5.31. The monoisotopic (exact) mass is 687 g/mol. The summed E-state index contributed by atoms with van der Waals surface area (Å²) in [6, 6.07) is 0. The van der Waals surface area contributed by atoms with Gasteiger partial charge in [0.2, 0.25) is 0 Å². The largest absolute Gasteiger partial charge is 0.462 e. The van der Waals surface area contributed by atoms with Crippen LogP contribution in [-0.4, -0.2) is 37.2 Å². The lowest BCUT2D eigenvalue weighted by molar-refractivity contribution is -0.167. The van der Waals surface area contributed by atoms with E-state index in [4.69, 9.17) is 14.2 Å². The topological polar surface area (TPSA) is 78.9 Å². The number of ether oxygens (including phenoxy) is 3. The van der Waals surface area contributed by atoms with Gasteiger partial charge in [-0.15, -0.1) is 0 Å². The van der Waals surface area contributed by atoms with Gasteiger partial charge in [0.1, 0.15) is 13.2 Å². The van der Waals surface area contributed by atoms with Crippen LogP contribution in [0.1, 0.15) is 188 Å². The molecule has 0 saturated carbocycles. The fourth-order valence-corrected chi connectivity index (χ4v) is 5.31. The molecule has 0 heterocycles. The third-order valence-corrected chi connectivity index (χ3v) is 8.35. The molecule has 6 nitrogen and oxygen atoms in total. The van der Waals surface area contributed by atoms with Gasteiger partial charge >= 0.3 is 17.9 Å². The quantitative estimate of drug-likeness (QED) is 0.0286. The van der Waals surface area contributed by atoms with Crippen molar-refractivity contribution in [2.24, 2.45) is 0 Å². The van der Waals surface area contributed by atoms with Gasteiger partial charge in [0.25, 0.3) is 0 Å². The summed E-state index contributed by atoms with van der Waals surface area (Å²) in [6.07, 6.45) is 43.0. The lowest BCUT2D eigenvalue weighted by atomic mass is 10.1. The van der Waals surface area contributed by atoms with Gasteiger partial charge in [-0.25, -0.2) is 0 Å². The van der Waals surface area contributed by atoms with E-state index < -0.39 is 6.10 Å². The van der Waals surface area contributed by atoms with E-state index in [1.165, 1.54) is 38.5 Å². The highest BCUT2D eigenvalue weighted by molar-refractivity contribution is 5.71. The highest BCUT2D eigenvalue weighted by Gasteiger charge is 2.19. The highest BCUT2D eigenvalue weighted by atomic mass is 16.6.